The summed E-state index contributed by atoms with van der Waals surface area (Å²) in [6.07, 6.45) is 3.81. The van der Waals surface area contributed by atoms with E-state index in [2.05, 4.69) is 10.5 Å². The second kappa shape index (κ2) is 5.05. The second-order valence-corrected chi connectivity index (χ2v) is 5.26. The lowest BCUT2D eigenvalue weighted by atomic mass is 10.3. The van der Waals surface area contributed by atoms with Gasteiger partial charge >= 0.3 is 0 Å². The Morgan fingerprint density at radius 1 is 1.37 bits per heavy atom. The zero-order valence-electron chi connectivity index (χ0n) is 10.8. The highest BCUT2D eigenvalue weighted by Crippen LogP contribution is 2.34. The van der Waals surface area contributed by atoms with E-state index < -0.39 is 0 Å². The number of hydrogen-bond donors (Lipinski definition) is 2. The molecule has 3 N–H and O–H groups in total. The minimum absolute atomic E-state index is 0. The predicted octanol–water partition coefficient (Wildman–Crippen LogP) is 1.65. The van der Waals surface area contributed by atoms with E-state index >= 15 is 0 Å². The molecule has 2 atom stereocenters. The Kier molecular flexibility index (Phi) is 3.78. The number of hydrogen-bond acceptors (Lipinski definition) is 5. The normalized spacial score (nSPS) is 28.2. The van der Waals surface area contributed by atoms with Crippen LogP contribution in [-0.2, 0) is 0 Å². The first-order valence-electron chi connectivity index (χ1n) is 5.74. The van der Waals surface area contributed by atoms with Crippen LogP contribution in [0, 0.1) is 0 Å². The van der Waals surface area contributed by atoms with E-state index in [0.717, 1.165) is 16.6 Å². The van der Waals surface area contributed by atoms with E-state index in [9.17, 15) is 0 Å². The van der Waals surface area contributed by atoms with E-state index in [1.807, 2.05) is 54.7 Å². The van der Waals surface area contributed by atoms with Gasteiger partial charge in [-0.25, -0.2) is 10.4 Å². The van der Waals surface area contributed by atoms with Gasteiger partial charge in [-0.15, -0.1) is 28.8 Å². The molecule has 0 amide bonds. The van der Waals surface area contributed by atoms with Gasteiger partial charge in [-0.2, -0.15) is 0 Å². The molecule has 0 saturated carbocycles. The number of halogens is 1. The Labute approximate surface area is 123 Å². The number of hydrazine groups is 1. The molecule has 0 aromatic heterocycles. The van der Waals surface area contributed by atoms with Gasteiger partial charge in [0, 0.05) is 0 Å². The number of rotatable bonds is 1. The monoisotopic (exact) mass is 298 g/mol. The van der Waals surface area contributed by atoms with Crippen LogP contribution in [0.15, 0.2) is 47.3 Å². The van der Waals surface area contributed by atoms with Gasteiger partial charge in [0.2, 0.25) is 0 Å². The van der Waals surface area contributed by atoms with Crippen LogP contribution in [-0.4, -0.2) is 29.2 Å². The molecule has 1 saturated heterocycles. The van der Waals surface area contributed by atoms with Gasteiger partial charge in [0.05, 0.1) is 11.8 Å². The summed E-state index contributed by atoms with van der Waals surface area (Å²) in [6.45, 7) is 0. The first-order chi connectivity index (χ1) is 8.65. The van der Waals surface area contributed by atoms with Crippen LogP contribution in [0.1, 0.15) is 0 Å². The highest BCUT2D eigenvalue weighted by molar-refractivity contribution is 8.13. The van der Waals surface area contributed by atoms with E-state index in [4.69, 9.17) is 5.73 Å². The summed E-state index contributed by atoms with van der Waals surface area (Å²) >= 11 is 1.63. The lowest BCUT2D eigenvalue weighted by Gasteiger charge is -2.26. The fraction of sp³-hybridized carbons (Fsp3) is 0.250. The molecule has 2 aliphatic rings. The average molecular weight is 299 g/mol. The summed E-state index contributed by atoms with van der Waals surface area (Å²) in [4.78, 5) is 0. The maximum absolute atomic E-state index is 6.33. The molecule has 0 bridgehead atoms. The Hall–Kier alpha value is -1.21. The molecule has 3 rings (SSSR count). The van der Waals surface area contributed by atoms with Crippen LogP contribution >= 0.6 is 24.2 Å². The van der Waals surface area contributed by atoms with Crippen LogP contribution < -0.4 is 16.2 Å². The third kappa shape index (κ3) is 2.10. The fourth-order valence-corrected chi connectivity index (χ4v) is 2.67. The number of nitrogens with zero attached hydrogens (tertiary/aromatic N) is 3. The molecular formula is C12H17ClN5S+. The summed E-state index contributed by atoms with van der Waals surface area (Å²) in [6, 6.07) is 10.0. The summed E-state index contributed by atoms with van der Waals surface area (Å²) in [7, 11) is 2.01. The van der Waals surface area contributed by atoms with Crippen LogP contribution in [0.25, 0.3) is 0 Å². The predicted molar refractivity (Wildman–Crippen MR) is 82.5 cm³/mol. The summed E-state index contributed by atoms with van der Waals surface area (Å²) in [5.41, 5.74) is 10.7. The van der Waals surface area contributed by atoms with Gasteiger partial charge in [-0.05, 0) is 18.4 Å². The maximum atomic E-state index is 6.33. The SMILES string of the molecule is CSC1=N[N+]2(C)C(=C1)NN(c1ccccc1)C2N.Cl. The first-order valence-corrected chi connectivity index (χ1v) is 6.97. The molecule has 102 valence electrons. The number of fused-ring (bicyclic) bond motifs is 1. The molecule has 2 unspecified atom stereocenters. The number of para-hydroxylation sites is 1. The van der Waals surface area contributed by atoms with Crippen molar-refractivity contribution in [2.24, 2.45) is 10.8 Å². The molecule has 7 heteroatoms. The van der Waals surface area contributed by atoms with Gasteiger partial charge in [0.15, 0.2) is 5.04 Å². The van der Waals surface area contributed by atoms with Crippen molar-refractivity contribution in [3.63, 3.8) is 0 Å². The van der Waals surface area contributed by atoms with Crippen LogP contribution in [0.3, 0.4) is 0 Å². The second-order valence-electron chi connectivity index (χ2n) is 4.43. The standard InChI is InChI=1S/C12H16N5S.ClH/c1-17-10(8-11(15-17)18-2)14-16(12(17)13)9-6-4-3-5-7-9;/h3-8,12,14H,13H2,1-2H3;1H/q+1;. The largest absolute Gasteiger partial charge is 0.268 e. The van der Waals surface area contributed by atoms with Crippen molar-refractivity contribution in [2.75, 3.05) is 18.3 Å². The molecule has 1 fully saturated rings. The molecular weight excluding hydrogens is 282 g/mol. The lowest BCUT2D eigenvalue weighted by molar-refractivity contribution is -0.892. The Morgan fingerprint density at radius 2 is 2.05 bits per heavy atom. The topological polar surface area (TPSA) is 53.7 Å². The molecule has 0 spiro atoms. The van der Waals surface area contributed by atoms with Crippen molar-refractivity contribution in [3.8, 4) is 0 Å². The smallest absolute Gasteiger partial charge is 0.259 e. The number of quaternary nitrogens is 1. The summed E-state index contributed by atoms with van der Waals surface area (Å²) in [5, 5.41) is 7.61. The number of benzene rings is 1. The Morgan fingerprint density at radius 3 is 2.63 bits per heavy atom. The average Bonchev–Trinajstić information content (AvgIpc) is 2.84. The Balaban J connectivity index is 0.00000133. The first kappa shape index (κ1) is 14.2. The van der Waals surface area contributed by atoms with Crippen LogP contribution in [0.2, 0.25) is 0 Å². The van der Waals surface area contributed by atoms with Crippen molar-refractivity contribution in [3.05, 3.63) is 42.2 Å². The highest BCUT2D eigenvalue weighted by atomic mass is 35.5. The molecule has 0 radical (unpaired) electrons. The zero-order chi connectivity index (χ0) is 12.8. The van der Waals surface area contributed by atoms with Gasteiger partial charge in [0.1, 0.15) is 7.05 Å². The molecule has 1 aromatic carbocycles. The zero-order valence-corrected chi connectivity index (χ0v) is 12.4. The molecule has 0 aliphatic carbocycles. The molecule has 2 aliphatic heterocycles. The van der Waals surface area contributed by atoms with Crippen molar-refractivity contribution in [2.45, 2.75) is 6.29 Å². The summed E-state index contributed by atoms with van der Waals surface area (Å²) in [5.74, 6) is 1.01. The van der Waals surface area contributed by atoms with Crippen LogP contribution in [0.4, 0.5) is 5.69 Å². The third-order valence-electron chi connectivity index (χ3n) is 3.31. The molecule has 19 heavy (non-hydrogen) atoms. The van der Waals surface area contributed by atoms with Crippen molar-refractivity contribution < 1.29 is 4.59 Å². The van der Waals surface area contributed by atoms with Crippen LogP contribution in [0.5, 0.6) is 0 Å². The van der Waals surface area contributed by atoms with Crippen molar-refractivity contribution >= 4 is 34.9 Å². The minimum atomic E-state index is -0.261. The van der Waals surface area contributed by atoms with E-state index in [1.165, 1.54) is 0 Å². The van der Waals surface area contributed by atoms with E-state index in [1.54, 1.807) is 11.8 Å². The van der Waals surface area contributed by atoms with Gasteiger partial charge < -0.3 is 0 Å². The maximum Gasteiger partial charge on any atom is 0.268 e. The van der Waals surface area contributed by atoms with E-state index in [0.29, 0.717) is 4.59 Å². The molecule has 5 nitrogen and oxygen atoms in total. The molecule has 1 aromatic rings. The third-order valence-corrected chi connectivity index (χ3v) is 3.93. The molecule has 2 heterocycles. The number of nitrogens with one attached hydrogen (secondary N) is 1. The highest BCUT2D eigenvalue weighted by Gasteiger charge is 2.51. The number of anilines is 1. The van der Waals surface area contributed by atoms with Gasteiger partial charge in [-0.1, -0.05) is 23.3 Å². The van der Waals surface area contributed by atoms with Gasteiger partial charge in [-0.3, -0.25) is 5.73 Å². The number of thioether (sulfide) groups is 1. The Bertz CT molecular complexity index is 532. The number of nitrogens with two attached hydrogens (primary N) is 1. The quantitative estimate of drug-likeness (QED) is 0.774. The van der Waals surface area contributed by atoms with Crippen molar-refractivity contribution in [1.29, 1.82) is 0 Å². The minimum Gasteiger partial charge on any atom is -0.259 e. The van der Waals surface area contributed by atoms with Gasteiger partial charge in [0.25, 0.3) is 12.1 Å². The summed E-state index contributed by atoms with van der Waals surface area (Å²) < 4.78 is 0.352. The van der Waals surface area contributed by atoms with E-state index in [-0.39, 0.29) is 18.7 Å². The lowest BCUT2D eigenvalue weighted by Crippen LogP contribution is -2.54. The van der Waals surface area contributed by atoms with Crippen molar-refractivity contribution in [1.82, 2.24) is 5.43 Å². The fourth-order valence-electron chi connectivity index (χ4n) is 2.19.